The molecule has 6 heteroatoms. The zero-order chi connectivity index (χ0) is 23.8. The van der Waals surface area contributed by atoms with E-state index in [1.54, 1.807) is 24.3 Å². The van der Waals surface area contributed by atoms with Crippen LogP contribution in [0, 0.1) is 0 Å². The van der Waals surface area contributed by atoms with Crippen molar-refractivity contribution in [1.29, 1.82) is 0 Å². The molecule has 2 fully saturated rings. The Kier molecular flexibility index (Phi) is 9.40. The van der Waals surface area contributed by atoms with Gasteiger partial charge in [0.1, 0.15) is 5.75 Å². The molecule has 0 atom stereocenters. The molecule has 2 saturated heterocycles. The number of hydrogen-bond acceptors (Lipinski definition) is 5. The molecule has 0 N–H and O–H groups in total. The quantitative estimate of drug-likeness (QED) is 0.357. The zero-order valence-electron chi connectivity index (χ0n) is 20.4. The van der Waals surface area contributed by atoms with Gasteiger partial charge in [-0.3, -0.25) is 9.69 Å². The van der Waals surface area contributed by atoms with Crippen LogP contribution in [0.5, 0.6) is 5.75 Å². The lowest BCUT2D eigenvalue weighted by molar-refractivity contribution is 0.0639. The number of benzene rings is 2. The molecule has 0 bridgehead atoms. The Hall–Kier alpha value is -1.92. The number of ether oxygens (including phenoxy) is 1. The van der Waals surface area contributed by atoms with E-state index in [2.05, 4.69) is 21.7 Å². The molecule has 0 amide bonds. The molecule has 2 aromatic rings. The van der Waals surface area contributed by atoms with Gasteiger partial charge in [-0.2, -0.15) is 0 Å². The Morgan fingerprint density at radius 2 is 1.47 bits per heavy atom. The lowest BCUT2D eigenvalue weighted by atomic mass is 10.0. The summed E-state index contributed by atoms with van der Waals surface area (Å²) in [6.07, 6.45) is 6.13. The predicted octanol–water partition coefficient (Wildman–Crippen LogP) is 4.83. The maximum absolute atomic E-state index is 12.5. The molecule has 0 unspecified atom stereocenters. The topological polar surface area (TPSA) is 36.0 Å². The van der Waals surface area contributed by atoms with E-state index in [-0.39, 0.29) is 5.78 Å². The van der Waals surface area contributed by atoms with Gasteiger partial charge in [0.2, 0.25) is 0 Å². The number of carbonyl (C=O) groups excluding carboxylic acids is 1. The standard InChI is InChI=1S/C28H38ClN3O2/c1-30-16-13-26(14-17-30)32-20-18-31(19-21-32)15-3-2-4-22-34-27-11-7-24(8-12-27)28(33)23-5-9-25(29)10-6-23/h5-12,26H,2-4,13-22H2,1H3. The van der Waals surface area contributed by atoms with Crippen LogP contribution < -0.4 is 4.74 Å². The van der Waals surface area contributed by atoms with E-state index in [4.69, 9.17) is 16.3 Å². The molecule has 2 aliphatic rings. The minimum atomic E-state index is -0.00426. The van der Waals surface area contributed by atoms with E-state index in [1.807, 2.05) is 24.3 Å². The van der Waals surface area contributed by atoms with Crippen molar-refractivity contribution in [3.63, 3.8) is 0 Å². The molecule has 0 aliphatic carbocycles. The zero-order valence-corrected chi connectivity index (χ0v) is 21.2. The molecule has 0 aromatic heterocycles. The highest BCUT2D eigenvalue weighted by Crippen LogP contribution is 2.19. The van der Waals surface area contributed by atoms with Gasteiger partial charge in [-0.15, -0.1) is 0 Å². The van der Waals surface area contributed by atoms with Crippen molar-refractivity contribution >= 4 is 17.4 Å². The highest BCUT2D eigenvalue weighted by molar-refractivity contribution is 6.30. The molecular formula is C28H38ClN3O2. The molecule has 5 nitrogen and oxygen atoms in total. The molecule has 184 valence electrons. The number of unbranched alkanes of at least 4 members (excludes halogenated alkanes) is 2. The minimum Gasteiger partial charge on any atom is -0.494 e. The van der Waals surface area contributed by atoms with E-state index in [1.165, 1.54) is 71.5 Å². The van der Waals surface area contributed by atoms with Crippen LogP contribution in [0.3, 0.4) is 0 Å². The van der Waals surface area contributed by atoms with Crippen LogP contribution in [0.2, 0.25) is 5.02 Å². The van der Waals surface area contributed by atoms with Gasteiger partial charge < -0.3 is 14.5 Å². The Bertz CT molecular complexity index is 887. The molecule has 2 heterocycles. The molecular weight excluding hydrogens is 446 g/mol. The van der Waals surface area contributed by atoms with Gasteiger partial charge in [0.15, 0.2) is 5.78 Å². The van der Waals surface area contributed by atoms with E-state index in [0.717, 1.165) is 18.2 Å². The second-order valence-corrected chi connectivity index (χ2v) is 10.1. The van der Waals surface area contributed by atoms with Gasteiger partial charge in [-0.25, -0.2) is 0 Å². The van der Waals surface area contributed by atoms with Crippen LogP contribution in [-0.4, -0.2) is 86.0 Å². The first-order chi connectivity index (χ1) is 16.6. The molecule has 34 heavy (non-hydrogen) atoms. The van der Waals surface area contributed by atoms with E-state index in [0.29, 0.717) is 22.8 Å². The lowest BCUT2D eigenvalue weighted by Gasteiger charge is -2.42. The summed E-state index contributed by atoms with van der Waals surface area (Å²) in [6, 6.07) is 15.2. The van der Waals surface area contributed by atoms with Crippen molar-refractivity contribution in [2.75, 3.05) is 59.5 Å². The van der Waals surface area contributed by atoms with E-state index < -0.39 is 0 Å². The number of piperazine rings is 1. The average Bonchev–Trinajstić information content (AvgIpc) is 2.87. The van der Waals surface area contributed by atoms with Gasteiger partial charge in [0.25, 0.3) is 0 Å². The smallest absolute Gasteiger partial charge is 0.193 e. The second kappa shape index (κ2) is 12.7. The van der Waals surface area contributed by atoms with E-state index in [9.17, 15) is 4.79 Å². The summed E-state index contributed by atoms with van der Waals surface area (Å²) in [4.78, 5) is 20.4. The van der Waals surface area contributed by atoms with E-state index >= 15 is 0 Å². The Labute approximate surface area is 209 Å². The van der Waals surface area contributed by atoms with Crippen LogP contribution in [0.4, 0.5) is 0 Å². The maximum Gasteiger partial charge on any atom is 0.193 e. The second-order valence-electron chi connectivity index (χ2n) is 9.68. The summed E-state index contributed by atoms with van der Waals surface area (Å²) >= 11 is 5.91. The van der Waals surface area contributed by atoms with Crippen molar-refractivity contribution in [2.45, 2.75) is 38.1 Å². The largest absolute Gasteiger partial charge is 0.494 e. The van der Waals surface area contributed by atoms with Gasteiger partial charge >= 0.3 is 0 Å². The third kappa shape index (κ3) is 7.29. The van der Waals surface area contributed by atoms with Crippen LogP contribution in [0.1, 0.15) is 48.0 Å². The third-order valence-electron chi connectivity index (χ3n) is 7.22. The van der Waals surface area contributed by atoms with Crippen LogP contribution in [-0.2, 0) is 0 Å². The highest BCUT2D eigenvalue weighted by atomic mass is 35.5. The lowest BCUT2D eigenvalue weighted by Crippen LogP contribution is -2.52. The van der Waals surface area contributed by atoms with Crippen molar-refractivity contribution < 1.29 is 9.53 Å². The monoisotopic (exact) mass is 483 g/mol. The first-order valence-electron chi connectivity index (χ1n) is 12.8. The highest BCUT2D eigenvalue weighted by Gasteiger charge is 2.26. The molecule has 2 aliphatic heterocycles. The summed E-state index contributed by atoms with van der Waals surface area (Å²) in [6.45, 7) is 9.30. The fourth-order valence-corrected chi connectivity index (χ4v) is 5.11. The molecule has 0 radical (unpaired) electrons. The van der Waals surface area contributed by atoms with Crippen molar-refractivity contribution in [2.24, 2.45) is 0 Å². The first-order valence-corrected chi connectivity index (χ1v) is 13.1. The predicted molar refractivity (Wildman–Crippen MR) is 139 cm³/mol. The Morgan fingerprint density at radius 1 is 0.853 bits per heavy atom. The Balaban J connectivity index is 1.07. The normalized spacial score (nSPS) is 18.8. The summed E-state index contributed by atoms with van der Waals surface area (Å²) in [5, 5.41) is 0.630. The molecule has 2 aromatic carbocycles. The summed E-state index contributed by atoms with van der Waals surface area (Å²) in [5.74, 6) is 0.813. The number of likely N-dealkylation sites (tertiary alicyclic amines) is 1. The van der Waals surface area contributed by atoms with Crippen molar-refractivity contribution in [3.05, 3.63) is 64.7 Å². The number of rotatable bonds is 10. The van der Waals surface area contributed by atoms with Gasteiger partial charge in [-0.1, -0.05) is 11.6 Å². The van der Waals surface area contributed by atoms with Gasteiger partial charge in [-0.05, 0) is 107 Å². The number of ketones is 1. The van der Waals surface area contributed by atoms with Gasteiger partial charge in [0.05, 0.1) is 6.61 Å². The number of hydrogen-bond donors (Lipinski definition) is 0. The molecule has 0 spiro atoms. The first kappa shape index (κ1) is 25.2. The number of piperidine rings is 1. The SMILES string of the molecule is CN1CCC(N2CCN(CCCCCOc3ccc(C(=O)c4ccc(Cl)cc4)cc3)CC2)CC1. The summed E-state index contributed by atoms with van der Waals surface area (Å²) in [5.41, 5.74) is 1.30. The minimum absolute atomic E-state index is 0.00426. The maximum atomic E-state index is 12.5. The number of halogens is 1. The Morgan fingerprint density at radius 3 is 2.12 bits per heavy atom. The summed E-state index contributed by atoms with van der Waals surface area (Å²) < 4.78 is 5.89. The van der Waals surface area contributed by atoms with Crippen molar-refractivity contribution in [3.8, 4) is 5.75 Å². The van der Waals surface area contributed by atoms with Crippen LogP contribution in [0.15, 0.2) is 48.5 Å². The fraction of sp³-hybridized carbons (Fsp3) is 0.536. The van der Waals surface area contributed by atoms with Crippen molar-refractivity contribution in [1.82, 2.24) is 14.7 Å². The third-order valence-corrected chi connectivity index (χ3v) is 7.47. The number of nitrogens with zero attached hydrogens (tertiary/aromatic N) is 3. The number of carbonyl (C=O) groups is 1. The molecule has 0 saturated carbocycles. The average molecular weight is 484 g/mol. The van der Waals surface area contributed by atoms with Crippen LogP contribution >= 0.6 is 11.6 Å². The van der Waals surface area contributed by atoms with Gasteiger partial charge in [0, 0.05) is 48.4 Å². The molecule has 4 rings (SSSR count). The fourth-order valence-electron chi connectivity index (χ4n) is 4.99. The van der Waals surface area contributed by atoms with Crippen LogP contribution in [0.25, 0.3) is 0 Å². The summed E-state index contributed by atoms with van der Waals surface area (Å²) in [7, 11) is 2.24.